The highest BCUT2D eigenvalue weighted by molar-refractivity contribution is 7.89. The number of sulfonamides is 1. The van der Waals surface area contributed by atoms with Crippen LogP contribution in [0.25, 0.3) is 0 Å². The minimum Gasteiger partial charge on any atom is -0.369 e. The molecule has 0 unspecified atom stereocenters. The molecule has 6 nitrogen and oxygen atoms in total. The minimum atomic E-state index is -4.02. The molecule has 1 aromatic carbocycles. The number of nitrogens with one attached hydrogen (secondary N) is 1. The first-order valence-corrected chi connectivity index (χ1v) is 13.6. The molecule has 2 aromatic rings. The van der Waals surface area contributed by atoms with E-state index in [0.29, 0.717) is 17.5 Å². The van der Waals surface area contributed by atoms with Gasteiger partial charge in [-0.25, -0.2) is 22.8 Å². The van der Waals surface area contributed by atoms with Gasteiger partial charge in [0.15, 0.2) is 0 Å². The molecule has 2 heterocycles. The molecule has 0 radical (unpaired) electrons. The second kappa shape index (κ2) is 7.89. The van der Waals surface area contributed by atoms with Crippen molar-refractivity contribution in [2.24, 2.45) is 23.2 Å². The summed E-state index contributed by atoms with van der Waals surface area (Å²) in [6.45, 7) is 1.27. The van der Waals surface area contributed by atoms with Crippen molar-refractivity contribution in [2.45, 2.75) is 56.4 Å². The third kappa shape index (κ3) is 3.84. The van der Waals surface area contributed by atoms with Crippen molar-refractivity contribution in [1.82, 2.24) is 14.3 Å². The van der Waals surface area contributed by atoms with Gasteiger partial charge in [-0.2, -0.15) is 4.31 Å². The van der Waals surface area contributed by atoms with Crippen LogP contribution in [0.15, 0.2) is 29.4 Å². The largest absolute Gasteiger partial charge is 0.369 e. The van der Waals surface area contributed by atoms with Gasteiger partial charge >= 0.3 is 0 Å². The Labute approximate surface area is 199 Å². The van der Waals surface area contributed by atoms with E-state index in [1.165, 1.54) is 61.3 Å². The summed E-state index contributed by atoms with van der Waals surface area (Å²) in [6, 6.07) is 3.60. The number of hydrogen-bond donors (Lipinski definition) is 1. The fourth-order valence-corrected chi connectivity index (χ4v) is 9.01. The van der Waals surface area contributed by atoms with Gasteiger partial charge in [0, 0.05) is 23.7 Å². The number of nitrogens with zero attached hydrogens (tertiary/aromatic N) is 3. The van der Waals surface area contributed by atoms with Gasteiger partial charge < -0.3 is 5.32 Å². The predicted octanol–water partition coefficient (Wildman–Crippen LogP) is 4.64. The van der Waals surface area contributed by atoms with E-state index in [0.717, 1.165) is 41.7 Å². The smallest absolute Gasteiger partial charge is 0.246 e. The molecule has 5 aliphatic rings. The summed E-state index contributed by atoms with van der Waals surface area (Å²) in [6.07, 6.45) is 10.2. The number of aromatic nitrogens is 2. The Balaban J connectivity index is 1.21. The molecule has 4 saturated carbocycles. The number of anilines is 1. The molecular weight excluding hydrogens is 463 g/mol. The summed E-state index contributed by atoms with van der Waals surface area (Å²) in [5.41, 5.74) is 2.02. The van der Waals surface area contributed by atoms with Gasteiger partial charge in [0.25, 0.3) is 0 Å². The first kappa shape index (κ1) is 21.7. The third-order valence-corrected chi connectivity index (χ3v) is 10.4. The Hall–Kier alpha value is -1.77. The van der Waals surface area contributed by atoms with Crippen LogP contribution in [0.3, 0.4) is 0 Å². The molecule has 4 bridgehead atoms. The molecule has 4 fully saturated rings. The highest BCUT2D eigenvalue weighted by Gasteiger charge is 2.50. The van der Waals surface area contributed by atoms with Gasteiger partial charge in [-0.15, -0.1) is 0 Å². The molecule has 0 spiro atoms. The van der Waals surface area contributed by atoms with Crippen LogP contribution in [0.4, 0.5) is 10.2 Å². The normalized spacial score (nSPS) is 30.9. The van der Waals surface area contributed by atoms with Gasteiger partial charge in [0.05, 0.1) is 12.2 Å². The Morgan fingerprint density at radius 1 is 1.12 bits per heavy atom. The fraction of sp³-hybridized carbons (Fsp3) is 0.583. The lowest BCUT2D eigenvalue weighted by atomic mass is 9.49. The summed E-state index contributed by atoms with van der Waals surface area (Å²) in [7, 11) is -4.02. The number of halogens is 2. The maximum atomic E-state index is 14.3. The van der Waals surface area contributed by atoms with Crippen molar-refractivity contribution in [3.63, 3.8) is 0 Å². The molecule has 176 valence electrons. The van der Waals surface area contributed by atoms with Crippen molar-refractivity contribution in [3.05, 3.63) is 46.6 Å². The van der Waals surface area contributed by atoms with Crippen LogP contribution in [0.1, 0.15) is 49.8 Å². The Kier molecular flexibility index (Phi) is 5.20. The first-order chi connectivity index (χ1) is 15.8. The quantitative estimate of drug-likeness (QED) is 0.660. The number of rotatable bonds is 5. The van der Waals surface area contributed by atoms with Crippen LogP contribution in [0.2, 0.25) is 5.02 Å². The van der Waals surface area contributed by atoms with E-state index < -0.39 is 20.7 Å². The molecule has 7 rings (SSSR count). The molecule has 1 N–H and O–H groups in total. The van der Waals surface area contributed by atoms with Crippen LogP contribution in [0.5, 0.6) is 0 Å². The molecule has 9 heteroatoms. The highest BCUT2D eigenvalue weighted by atomic mass is 35.5. The zero-order chi connectivity index (χ0) is 22.8. The summed E-state index contributed by atoms with van der Waals surface area (Å²) in [5, 5.41) is 3.82. The summed E-state index contributed by atoms with van der Waals surface area (Å²) in [4.78, 5) is 8.49. The van der Waals surface area contributed by atoms with Crippen LogP contribution in [-0.4, -0.2) is 35.8 Å². The van der Waals surface area contributed by atoms with E-state index in [9.17, 15) is 12.8 Å². The third-order valence-electron chi connectivity index (χ3n) is 8.28. The van der Waals surface area contributed by atoms with Crippen LogP contribution < -0.4 is 5.32 Å². The van der Waals surface area contributed by atoms with E-state index in [1.807, 2.05) is 0 Å². The van der Waals surface area contributed by atoms with E-state index in [4.69, 9.17) is 11.6 Å². The summed E-state index contributed by atoms with van der Waals surface area (Å²) < 4.78 is 41.8. The molecule has 33 heavy (non-hydrogen) atoms. The first-order valence-electron chi connectivity index (χ1n) is 11.8. The Morgan fingerprint density at radius 2 is 1.82 bits per heavy atom. The summed E-state index contributed by atoms with van der Waals surface area (Å²) >= 11 is 5.93. The van der Waals surface area contributed by atoms with Crippen LogP contribution in [0, 0.1) is 29.0 Å². The maximum absolute atomic E-state index is 14.3. The lowest BCUT2D eigenvalue weighted by molar-refractivity contribution is -0.0444. The molecule has 0 amide bonds. The van der Waals surface area contributed by atoms with Gasteiger partial charge in [0.2, 0.25) is 10.0 Å². The van der Waals surface area contributed by atoms with E-state index in [1.54, 1.807) is 0 Å². The van der Waals surface area contributed by atoms with E-state index >= 15 is 0 Å². The maximum Gasteiger partial charge on any atom is 0.246 e. The summed E-state index contributed by atoms with van der Waals surface area (Å²) in [5.74, 6) is 2.70. The predicted molar refractivity (Wildman–Crippen MR) is 124 cm³/mol. The Bertz CT molecular complexity index is 1170. The standard InChI is InChI=1S/C24H28ClFN4O2S/c25-18-1-2-20(26)22(8-18)33(31,32)30-4-3-19-21(12-30)28-14-29-23(19)27-13-24-9-15-5-16(10-24)7-17(6-15)11-24/h1-2,8,14-17H,3-7,9-13H2,(H,27,28,29). The van der Waals surface area contributed by atoms with Gasteiger partial charge in [0.1, 0.15) is 22.9 Å². The van der Waals surface area contributed by atoms with Gasteiger partial charge in [-0.3, -0.25) is 0 Å². The van der Waals surface area contributed by atoms with E-state index in [-0.39, 0.29) is 18.1 Å². The fourth-order valence-electron chi connectivity index (χ4n) is 7.28. The van der Waals surface area contributed by atoms with Crippen molar-refractivity contribution in [3.8, 4) is 0 Å². The topological polar surface area (TPSA) is 75.2 Å². The van der Waals surface area contributed by atoms with Crippen molar-refractivity contribution >= 4 is 27.4 Å². The number of benzene rings is 1. The SMILES string of the molecule is O=S(=O)(c1cc(Cl)ccc1F)N1CCc2c(ncnc2NCC23CC4CC(CC(C4)C2)C3)C1. The highest BCUT2D eigenvalue weighted by Crippen LogP contribution is 2.60. The van der Waals surface area contributed by atoms with Crippen LogP contribution >= 0.6 is 11.6 Å². The second-order valence-electron chi connectivity index (χ2n) is 10.6. The lowest BCUT2D eigenvalue weighted by Crippen LogP contribution is -2.49. The van der Waals surface area contributed by atoms with E-state index in [2.05, 4.69) is 15.3 Å². The van der Waals surface area contributed by atoms with Gasteiger partial charge in [-0.1, -0.05) is 11.6 Å². The molecular formula is C24H28ClFN4O2S. The zero-order valence-electron chi connectivity index (χ0n) is 18.4. The van der Waals surface area contributed by atoms with Crippen LogP contribution in [-0.2, 0) is 23.0 Å². The lowest BCUT2D eigenvalue weighted by Gasteiger charge is -2.57. The van der Waals surface area contributed by atoms with Crippen molar-refractivity contribution in [1.29, 1.82) is 0 Å². The average Bonchev–Trinajstić information content (AvgIpc) is 2.78. The molecule has 1 aromatic heterocycles. The van der Waals surface area contributed by atoms with Crippen molar-refractivity contribution < 1.29 is 12.8 Å². The monoisotopic (exact) mass is 490 g/mol. The van der Waals surface area contributed by atoms with Gasteiger partial charge in [-0.05, 0) is 86.3 Å². The molecule has 4 aliphatic carbocycles. The molecule has 1 aliphatic heterocycles. The number of fused-ring (bicyclic) bond motifs is 1. The zero-order valence-corrected chi connectivity index (χ0v) is 20.0. The Morgan fingerprint density at radius 3 is 2.52 bits per heavy atom. The molecule has 0 atom stereocenters. The average molecular weight is 491 g/mol. The number of hydrogen-bond acceptors (Lipinski definition) is 5. The van der Waals surface area contributed by atoms with Crippen molar-refractivity contribution in [2.75, 3.05) is 18.4 Å². The molecule has 0 saturated heterocycles. The minimum absolute atomic E-state index is 0.0954. The second-order valence-corrected chi connectivity index (χ2v) is 12.9.